The minimum Gasteiger partial charge on any atom is -0.365 e. The molecule has 0 bridgehead atoms. The van der Waals surface area contributed by atoms with Crippen LogP contribution in [0.4, 0.5) is 0 Å². The summed E-state index contributed by atoms with van der Waals surface area (Å²) in [6, 6.07) is 5.90. The summed E-state index contributed by atoms with van der Waals surface area (Å²) in [4.78, 5) is 25.6. The van der Waals surface area contributed by atoms with Crippen LogP contribution in [0.25, 0.3) is 0 Å². The minimum absolute atomic E-state index is 0.0680. The highest BCUT2D eigenvalue weighted by Crippen LogP contribution is 2.25. The van der Waals surface area contributed by atoms with E-state index in [1.807, 2.05) is 19.1 Å². The number of carbonyl (C=O) groups is 2. The van der Waals surface area contributed by atoms with Crippen LogP contribution in [0.15, 0.2) is 18.2 Å². The first kappa shape index (κ1) is 23.5. The van der Waals surface area contributed by atoms with E-state index in [2.05, 4.69) is 40.1 Å². The molecule has 2 aliphatic carbocycles. The first-order valence-corrected chi connectivity index (χ1v) is 12.7. The molecular weight excluding hydrogens is 491 g/mol. The van der Waals surface area contributed by atoms with Crippen LogP contribution in [0, 0.1) is 6.92 Å². The van der Waals surface area contributed by atoms with E-state index in [1.165, 1.54) is 19.3 Å². The summed E-state index contributed by atoms with van der Waals surface area (Å²) in [5, 5.41) is 6.32. The summed E-state index contributed by atoms with van der Waals surface area (Å²) >= 11 is 2.34. The number of hydrogen-bond acceptors (Lipinski definition) is 3. The van der Waals surface area contributed by atoms with E-state index in [9.17, 15) is 9.59 Å². The van der Waals surface area contributed by atoms with Crippen molar-refractivity contribution in [2.75, 3.05) is 0 Å². The Morgan fingerprint density at radius 2 is 1.47 bits per heavy atom. The Morgan fingerprint density at radius 1 is 0.933 bits per heavy atom. The number of carbonyl (C=O) groups excluding carboxylic acids is 2. The van der Waals surface area contributed by atoms with Gasteiger partial charge in [-0.15, -0.1) is 0 Å². The van der Waals surface area contributed by atoms with E-state index in [0.717, 1.165) is 50.5 Å². The van der Waals surface area contributed by atoms with E-state index in [1.54, 1.807) is 6.07 Å². The predicted octanol–water partition coefficient (Wildman–Crippen LogP) is 5.29. The van der Waals surface area contributed by atoms with Gasteiger partial charge in [-0.05, 0) is 75.6 Å². The number of halogens is 1. The molecule has 30 heavy (non-hydrogen) atoms. The molecular formula is C24H35IN2O3. The largest absolute Gasteiger partial charge is 0.365 e. The Kier molecular flexibility index (Phi) is 8.98. The van der Waals surface area contributed by atoms with Crippen LogP contribution >= 0.6 is 22.6 Å². The monoisotopic (exact) mass is 526 g/mol. The lowest BCUT2D eigenvalue weighted by atomic mass is 9.92. The predicted molar refractivity (Wildman–Crippen MR) is 128 cm³/mol. The van der Waals surface area contributed by atoms with Crippen molar-refractivity contribution in [1.82, 2.24) is 10.6 Å². The Hall–Kier alpha value is -1.15. The third kappa shape index (κ3) is 6.94. The summed E-state index contributed by atoms with van der Waals surface area (Å²) in [6.45, 7) is 4.07. The number of ether oxygens (including phenoxy) is 1. The number of amides is 2. The molecule has 1 aromatic carbocycles. The quantitative estimate of drug-likeness (QED) is 0.375. The molecule has 2 N–H and O–H groups in total. The van der Waals surface area contributed by atoms with Gasteiger partial charge < -0.3 is 15.4 Å². The molecule has 5 nitrogen and oxygen atoms in total. The fourth-order valence-electron chi connectivity index (χ4n) is 4.48. The molecule has 2 aliphatic rings. The van der Waals surface area contributed by atoms with Crippen molar-refractivity contribution in [2.24, 2.45) is 0 Å². The summed E-state index contributed by atoms with van der Waals surface area (Å²) in [7, 11) is 0. The number of benzene rings is 1. The van der Waals surface area contributed by atoms with Gasteiger partial charge in [-0.3, -0.25) is 9.59 Å². The maximum atomic E-state index is 12.9. The van der Waals surface area contributed by atoms with Crippen LogP contribution in [0.5, 0.6) is 0 Å². The zero-order valence-corrected chi connectivity index (χ0v) is 20.4. The lowest BCUT2D eigenvalue weighted by Crippen LogP contribution is -2.39. The highest BCUT2D eigenvalue weighted by molar-refractivity contribution is 14.1. The fourth-order valence-corrected chi connectivity index (χ4v) is 4.89. The smallest absolute Gasteiger partial charge is 0.251 e. The normalized spacial score (nSPS) is 23.6. The van der Waals surface area contributed by atoms with Gasteiger partial charge in [-0.2, -0.15) is 0 Å². The second-order valence-corrected chi connectivity index (χ2v) is 10.2. The standard InChI is InChI=1S/C24H35IN2O3/c1-3-22(25)30-21-11-9-20(10-12-21)27-24(29)18-14-16(2)13-17(15-18)23(28)26-19-7-5-4-6-8-19/h13-15,19-22H,3-12H2,1-2H3,(H,26,28)(H,27,29). The van der Waals surface area contributed by atoms with Crippen molar-refractivity contribution < 1.29 is 14.3 Å². The van der Waals surface area contributed by atoms with Gasteiger partial charge >= 0.3 is 0 Å². The van der Waals surface area contributed by atoms with E-state index in [4.69, 9.17) is 4.74 Å². The number of hydrogen-bond donors (Lipinski definition) is 2. The van der Waals surface area contributed by atoms with Crippen LogP contribution in [0.1, 0.15) is 97.4 Å². The zero-order chi connectivity index (χ0) is 21.5. The van der Waals surface area contributed by atoms with Gasteiger partial charge in [0.2, 0.25) is 0 Å². The van der Waals surface area contributed by atoms with Gasteiger partial charge in [-0.1, -0.05) is 48.8 Å². The van der Waals surface area contributed by atoms with Gasteiger partial charge in [0.15, 0.2) is 0 Å². The topological polar surface area (TPSA) is 67.4 Å². The van der Waals surface area contributed by atoms with Gasteiger partial charge in [0.25, 0.3) is 11.8 Å². The molecule has 2 amide bonds. The molecule has 2 saturated carbocycles. The molecule has 0 aromatic heterocycles. The molecule has 1 atom stereocenters. The molecule has 1 aromatic rings. The summed E-state index contributed by atoms with van der Waals surface area (Å²) < 4.78 is 6.30. The maximum absolute atomic E-state index is 12.9. The number of aryl methyl sites for hydroxylation is 1. The Morgan fingerprint density at radius 3 is 2.00 bits per heavy atom. The molecule has 0 radical (unpaired) electrons. The molecule has 6 heteroatoms. The lowest BCUT2D eigenvalue weighted by molar-refractivity contribution is 0.0134. The van der Waals surface area contributed by atoms with Gasteiger partial charge in [0.1, 0.15) is 4.11 Å². The third-order valence-electron chi connectivity index (χ3n) is 6.21. The first-order valence-electron chi connectivity index (χ1n) is 11.5. The summed E-state index contributed by atoms with van der Waals surface area (Å²) in [5.74, 6) is -0.156. The molecule has 2 fully saturated rings. The van der Waals surface area contributed by atoms with Crippen LogP contribution in [0.3, 0.4) is 0 Å². The van der Waals surface area contributed by atoms with Crippen molar-refractivity contribution in [3.63, 3.8) is 0 Å². The average Bonchev–Trinajstić information content (AvgIpc) is 2.75. The van der Waals surface area contributed by atoms with Gasteiger partial charge in [-0.25, -0.2) is 0 Å². The van der Waals surface area contributed by atoms with Crippen LogP contribution in [0.2, 0.25) is 0 Å². The van der Waals surface area contributed by atoms with Crippen molar-refractivity contribution in [3.05, 3.63) is 34.9 Å². The van der Waals surface area contributed by atoms with E-state index < -0.39 is 0 Å². The summed E-state index contributed by atoms with van der Waals surface area (Å²) in [6.07, 6.45) is 10.9. The van der Waals surface area contributed by atoms with Gasteiger partial charge in [0.05, 0.1) is 6.10 Å². The van der Waals surface area contributed by atoms with Crippen molar-refractivity contribution in [1.29, 1.82) is 0 Å². The second-order valence-electron chi connectivity index (χ2n) is 8.80. The highest BCUT2D eigenvalue weighted by atomic mass is 127. The number of alkyl halides is 1. The van der Waals surface area contributed by atoms with Crippen molar-refractivity contribution in [3.8, 4) is 0 Å². The minimum atomic E-state index is -0.0879. The number of rotatable bonds is 7. The fraction of sp³-hybridized carbons (Fsp3) is 0.667. The maximum Gasteiger partial charge on any atom is 0.251 e. The van der Waals surface area contributed by atoms with E-state index in [-0.39, 0.29) is 28.0 Å². The third-order valence-corrected chi connectivity index (χ3v) is 7.39. The first-order chi connectivity index (χ1) is 14.4. The second kappa shape index (κ2) is 11.5. The van der Waals surface area contributed by atoms with Crippen molar-refractivity contribution in [2.45, 2.75) is 100 Å². The molecule has 166 valence electrons. The average molecular weight is 526 g/mol. The summed E-state index contributed by atoms with van der Waals surface area (Å²) in [5.41, 5.74) is 2.08. The van der Waals surface area contributed by atoms with E-state index in [0.29, 0.717) is 17.2 Å². The lowest BCUT2D eigenvalue weighted by Gasteiger charge is -2.30. The SMILES string of the molecule is CCC(I)OC1CCC(NC(=O)c2cc(C)cc(C(=O)NC3CCCCC3)c2)CC1. The molecule has 1 unspecified atom stereocenters. The van der Waals surface area contributed by atoms with Crippen LogP contribution in [-0.2, 0) is 4.74 Å². The zero-order valence-electron chi connectivity index (χ0n) is 18.2. The molecule has 0 spiro atoms. The Balaban J connectivity index is 1.55. The van der Waals surface area contributed by atoms with Crippen molar-refractivity contribution >= 4 is 34.4 Å². The van der Waals surface area contributed by atoms with E-state index >= 15 is 0 Å². The molecule has 3 rings (SSSR count). The van der Waals surface area contributed by atoms with Gasteiger partial charge in [0, 0.05) is 23.2 Å². The Labute approximate surface area is 194 Å². The van der Waals surface area contributed by atoms with Crippen LogP contribution < -0.4 is 10.6 Å². The number of nitrogens with one attached hydrogen (secondary N) is 2. The molecule has 0 aliphatic heterocycles. The highest BCUT2D eigenvalue weighted by Gasteiger charge is 2.25. The molecule has 0 heterocycles. The Bertz CT molecular complexity index is 725. The van der Waals surface area contributed by atoms with Crippen LogP contribution in [-0.4, -0.2) is 34.1 Å². The molecule has 0 saturated heterocycles.